The Morgan fingerprint density at radius 2 is 2.14 bits per heavy atom. The minimum Gasteiger partial charge on any atom is -0.504 e. The summed E-state index contributed by atoms with van der Waals surface area (Å²) in [5, 5.41) is 13.0. The summed E-state index contributed by atoms with van der Waals surface area (Å²) >= 11 is 0. The van der Waals surface area contributed by atoms with Crippen LogP contribution in [0.1, 0.15) is 38.3 Å². The van der Waals surface area contributed by atoms with Gasteiger partial charge in [0.1, 0.15) is 6.04 Å². The summed E-state index contributed by atoms with van der Waals surface area (Å²) in [5.74, 6) is 0.819. The molecule has 1 saturated carbocycles. The Bertz CT molecular complexity index is 485. The molecule has 0 spiro atoms. The SMILES string of the molecule is CCOC(=O)C(NCC1CC1)c1ccc(O)c(OCC)c1. The fraction of sp³-hybridized carbons (Fsp3) is 0.562. The number of carbonyl (C=O) groups is 1. The van der Waals surface area contributed by atoms with E-state index in [4.69, 9.17) is 9.47 Å². The Morgan fingerprint density at radius 1 is 1.38 bits per heavy atom. The Balaban J connectivity index is 2.16. The number of ether oxygens (including phenoxy) is 2. The molecule has 1 aromatic rings. The van der Waals surface area contributed by atoms with E-state index in [9.17, 15) is 9.90 Å². The van der Waals surface area contributed by atoms with Gasteiger partial charge in [-0.2, -0.15) is 0 Å². The van der Waals surface area contributed by atoms with E-state index in [1.54, 1.807) is 25.1 Å². The first-order chi connectivity index (χ1) is 10.2. The van der Waals surface area contributed by atoms with E-state index in [0.717, 1.165) is 12.1 Å². The normalized spacial score (nSPS) is 15.5. The zero-order chi connectivity index (χ0) is 15.2. The van der Waals surface area contributed by atoms with Gasteiger partial charge in [-0.15, -0.1) is 0 Å². The lowest BCUT2D eigenvalue weighted by Gasteiger charge is -2.18. The first-order valence-electron chi connectivity index (χ1n) is 7.51. The van der Waals surface area contributed by atoms with E-state index < -0.39 is 6.04 Å². The number of benzene rings is 1. The number of nitrogens with one attached hydrogen (secondary N) is 1. The standard InChI is InChI=1S/C16H23NO4/c1-3-20-14-9-12(7-8-13(14)18)15(16(19)21-4-2)17-10-11-5-6-11/h7-9,11,15,17-18H,3-6,10H2,1-2H3. The second-order valence-electron chi connectivity index (χ2n) is 5.20. The lowest BCUT2D eigenvalue weighted by atomic mass is 10.1. The third kappa shape index (κ3) is 4.36. The van der Waals surface area contributed by atoms with Crippen LogP contribution in [0.3, 0.4) is 0 Å². The Kier molecular flexibility index (Phi) is 5.44. The van der Waals surface area contributed by atoms with E-state index >= 15 is 0 Å². The first-order valence-corrected chi connectivity index (χ1v) is 7.51. The molecule has 2 N–H and O–H groups in total. The van der Waals surface area contributed by atoms with Gasteiger partial charge in [0.25, 0.3) is 0 Å². The third-order valence-electron chi connectivity index (χ3n) is 3.45. The van der Waals surface area contributed by atoms with Crippen molar-refractivity contribution in [2.75, 3.05) is 19.8 Å². The molecule has 1 fully saturated rings. The van der Waals surface area contributed by atoms with E-state index in [1.807, 2.05) is 6.92 Å². The van der Waals surface area contributed by atoms with Crippen molar-refractivity contribution in [1.82, 2.24) is 5.32 Å². The van der Waals surface area contributed by atoms with Crippen molar-refractivity contribution in [2.45, 2.75) is 32.7 Å². The molecular formula is C16H23NO4. The minimum atomic E-state index is -0.523. The lowest BCUT2D eigenvalue weighted by Crippen LogP contribution is -2.31. The highest BCUT2D eigenvalue weighted by atomic mass is 16.5. The number of phenols is 1. The molecule has 0 amide bonds. The summed E-state index contributed by atoms with van der Waals surface area (Å²) in [4.78, 5) is 12.1. The first kappa shape index (κ1) is 15.6. The average Bonchev–Trinajstić information content (AvgIpc) is 3.27. The number of hydrogen-bond donors (Lipinski definition) is 2. The van der Waals surface area contributed by atoms with Crippen LogP contribution >= 0.6 is 0 Å². The number of phenolic OH excluding ortho intramolecular Hbond substituents is 1. The maximum absolute atomic E-state index is 12.1. The molecule has 1 aliphatic carbocycles. The molecule has 0 aliphatic heterocycles. The second kappa shape index (κ2) is 7.31. The third-order valence-corrected chi connectivity index (χ3v) is 3.45. The topological polar surface area (TPSA) is 67.8 Å². The molecule has 116 valence electrons. The van der Waals surface area contributed by atoms with Crippen molar-refractivity contribution in [2.24, 2.45) is 5.92 Å². The van der Waals surface area contributed by atoms with E-state index in [0.29, 0.717) is 24.9 Å². The van der Waals surface area contributed by atoms with Gasteiger partial charge >= 0.3 is 5.97 Å². The van der Waals surface area contributed by atoms with Crippen LogP contribution in [0.15, 0.2) is 18.2 Å². The molecule has 0 aromatic heterocycles. The molecule has 0 bridgehead atoms. The van der Waals surface area contributed by atoms with Crippen LogP contribution in [0.5, 0.6) is 11.5 Å². The van der Waals surface area contributed by atoms with Gasteiger partial charge in [-0.25, -0.2) is 4.79 Å². The van der Waals surface area contributed by atoms with Gasteiger partial charge in [0.05, 0.1) is 13.2 Å². The zero-order valence-electron chi connectivity index (χ0n) is 12.6. The Morgan fingerprint density at radius 3 is 2.76 bits per heavy atom. The van der Waals surface area contributed by atoms with Gasteiger partial charge in [-0.05, 0) is 56.8 Å². The molecule has 21 heavy (non-hydrogen) atoms. The van der Waals surface area contributed by atoms with Crippen molar-refractivity contribution in [3.63, 3.8) is 0 Å². The van der Waals surface area contributed by atoms with Gasteiger partial charge in [-0.3, -0.25) is 0 Å². The highest BCUT2D eigenvalue weighted by Gasteiger charge is 2.27. The fourth-order valence-electron chi connectivity index (χ4n) is 2.15. The van der Waals surface area contributed by atoms with Crippen LogP contribution < -0.4 is 10.1 Å². The molecule has 1 unspecified atom stereocenters. The average molecular weight is 293 g/mol. The minimum absolute atomic E-state index is 0.0744. The number of esters is 1. The number of aromatic hydroxyl groups is 1. The maximum atomic E-state index is 12.1. The van der Waals surface area contributed by atoms with Gasteiger partial charge in [0.2, 0.25) is 0 Å². The van der Waals surface area contributed by atoms with Gasteiger partial charge in [0, 0.05) is 0 Å². The van der Waals surface area contributed by atoms with Crippen LogP contribution in [0.25, 0.3) is 0 Å². The monoisotopic (exact) mass is 293 g/mol. The predicted molar refractivity (Wildman–Crippen MR) is 79.4 cm³/mol. The van der Waals surface area contributed by atoms with Crippen molar-refractivity contribution in [3.8, 4) is 11.5 Å². The summed E-state index contributed by atoms with van der Waals surface area (Å²) < 4.78 is 10.5. The summed E-state index contributed by atoms with van der Waals surface area (Å²) in [7, 11) is 0. The van der Waals surface area contributed by atoms with Gasteiger partial charge in [-0.1, -0.05) is 6.07 Å². The smallest absolute Gasteiger partial charge is 0.327 e. The fourth-order valence-corrected chi connectivity index (χ4v) is 2.15. The highest BCUT2D eigenvalue weighted by molar-refractivity contribution is 5.78. The summed E-state index contributed by atoms with van der Waals surface area (Å²) in [6.45, 7) is 5.24. The molecule has 2 rings (SSSR count). The Hall–Kier alpha value is -1.75. The molecule has 1 atom stereocenters. The van der Waals surface area contributed by atoms with Crippen LogP contribution in [0, 0.1) is 5.92 Å². The lowest BCUT2D eigenvalue weighted by molar-refractivity contribution is -0.145. The largest absolute Gasteiger partial charge is 0.504 e. The summed E-state index contributed by atoms with van der Waals surface area (Å²) in [5.41, 5.74) is 0.746. The highest BCUT2D eigenvalue weighted by Crippen LogP contribution is 2.31. The second-order valence-corrected chi connectivity index (χ2v) is 5.20. The number of rotatable bonds is 8. The van der Waals surface area contributed by atoms with Crippen LogP contribution in [-0.2, 0) is 9.53 Å². The molecular weight excluding hydrogens is 270 g/mol. The van der Waals surface area contributed by atoms with Crippen LogP contribution in [0.4, 0.5) is 0 Å². The van der Waals surface area contributed by atoms with Crippen molar-refractivity contribution >= 4 is 5.97 Å². The van der Waals surface area contributed by atoms with Crippen LogP contribution in [0.2, 0.25) is 0 Å². The molecule has 5 heteroatoms. The number of carbonyl (C=O) groups excluding carboxylic acids is 1. The van der Waals surface area contributed by atoms with Gasteiger partial charge < -0.3 is 19.9 Å². The summed E-state index contributed by atoms with van der Waals surface area (Å²) in [6.07, 6.45) is 2.42. The van der Waals surface area contributed by atoms with E-state index in [1.165, 1.54) is 12.8 Å². The quantitative estimate of drug-likeness (QED) is 0.720. The number of hydrogen-bond acceptors (Lipinski definition) is 5. The Labute approximate surface area is 125 Å². The van der Waals surface area contributed by atoms with Crippen molar-refractivity contribution in [1.29, 1.82) is 0 Å². The molecule has 0 radical (unpaired) electrons. The molecule has 5 nitrogen and oxygen atoms in total. The molecule has 1 aromatic carbocycles. The molecule has 0 saturated heterocycles. The van der Waals surface area contributed by atoms with Crippen molar-refractivity contribution in [3.05, 3.63) is 23.8 Å². The van der Waals surface area contributed by atoms with E-state index in [2.05, 4.69) is 5.32 Å². The summed E-state index contributed by atoms with van der Waals surface area (Å²) in [6, 6.07) is 4.44. The molecule has 1 aliphatic rings. The predicted octanol–water partition coefficient (Wildman–Crippen LogP) is 2.39. The van der Waals surface area contributed by atoms with Crippen molar-refractivity contribution < 1.29 is 19.4 Å². The van der Waals surface area contributed by atoms with E-state index in [-0.39, 0.29) is 11.7 Å². The molecule has 0 heterocycles. The van der Waals surface area contributed by atoms with Crippen LogP contribution in [-0.4, -0.2) is 30.8 Å². The zero-order valence-corrected chi connectivity index (χ0v) is 12.6. The maximum Gasteiger partial charge on any atom is 0.327 e. The van der Waals surface area contributed by atoms with Gasteiger partial charge in [0.15, 0.2) is 11.5 Å².